The van der Waals surface area contributed by atoms with E-state index in [-0.39, 0.29) is 18.9 Å². The van der Waals surface area contributed by atoms with E-state index in [1.807, 2.05) is 0 Å². The highest BCUT2D eigenvalue weighted by Gasteiger charge is 2.11. The maximum absolute atomic E-state index is 12.6. The average Bonchev–Trinajstić information content (AvgIpc) is 2.38. The molecule has 5 nitrogen and oxygen atoms in total. The van der Waals surface area contributed by atoms with Gasteiger partial charge in [-0.25, -0.2) is 4.39 Å². The van der Waals surface area contributed by atoms with Crippen LogP contribution in [0.15, 0.2) is 24.3 Å². The number of rotatable bonds is 5. The zero-order valence-electron chi connectivity index (χ0n) is 10.0. The van der Waals surface area contributed by atoms with E-state index in [2.05, 4.69) is 10.6 Å². The summed E-state index contributed by atoms with van der Waals surface area (Å²) in [5.74, 6) is -1.79. The Kier molecular flexibility index (Phi) is 5.79. The van der Waals surface area contributed by atoms with Gasteiger partial charge in [-0.1, -0.05) is 12.1 Å². The molecule has 0 spiro atoms. The molecule has 0 aliphatic heterocycles. The first-order chi connectivity index (χ1) is 8.63. The Morgan fingerprint density at radius 1 is 1.17 bits per heavy atom. The lowest BCUT2D eigenvalue weighted by Crippen LogP contribution is -2.40. The van der Waals surface area contributed by atoms with Crippen molar-refractivity contribution in [1.82, 2.24) is 10.6 Å². The van der Waals surface area contributed by atoms with Crippen molar-refractivity contribution in [3.8, 4) is 0 Å². The lowest BCUT2D eigenvalue weighted by molar-refractivity contribution is -0.139. The minimum Gasteiger partial charge on any atom is -0.383 e. The van der Waals surface area contributed by atoms with Crippen molar-refractivity contribution < 1.29 is 18.7 Å². The first-order valence-electron chi connectivity index (χ1n) is 5.43. The predicted molar refractivity (Wildman–Crippen MR) is 63.1 cm³/mol. The minimum atomic E-state index is -0.726. The highest BCUT2D eigenvalue weighted by atomic mass is 19.1. The molecule has 1 aromatic carbocycles. The second-order valence-corrected chi connectivity index (χ2v) is 3.56. The van der Waals surface area contributed by atoms with Gasteiger partial charge < -0.3 is 15.4 Å². The molecule has 0 fully saturated rings. The molecular formula is C12H15FN2O3. The molecule has 0 aliphatic rings. The molecule has 0 heterocycles. The Bertz CT molecular complexity index is 406. The maximum atomic E-state index is 12.6. The molecular weight excluding hydrogens is 239 g/mol. The molecule has 2 N–H and O–H groups in total. The van der Waals surface area contributed by atoms with Crippen molar-refractivity contribution in [3.05, 3.63) is 35.6 Å². The number of amides is 2. The second kappa shape index (κ2) is 7.39. The van der Waals surface area contributed by atoms with Crippen LogP contribution in [-0.2, 0) is 20.9 Å². The van der Waals surface area contributed by atoms with Gasteiger partial charge in [0, 0.05) is 20.2 Å². The zero-order chi connectivity index (χ0) is 13.4. The zero-order valence-corrected chi connectivity index (χ0v) is 10.0. The molecule has 18 heavy (non-hydrogen) atoms. The summed E-state index contributed by atoms with van der Waals surface area (Å²) in [6.07, 6.45) is 0. The topological polar surface area (TPSA) is 67.4 Å². The van der Waals surface area contributed by atoms with Crippen LogP contribution in [0.3, 0.4) is 0 Å². The van der Waals surface area contributed by atoms with Crippen LogP contribution in [-0.4, -0.2) is 32.1 Å². The van der Waals surface area contributed by atoms with Gasteiger partial charge in [-0.3, -0.25) is 9.59 Å². The molecule has 0 saturated heterocycles. The molecule has 0 atom stereocenters. The predicted octanol–water partition coefficient (Wildman–Crippen LogP) is 0.204. The molecule has 0 aromatic heterocycles. The van der Waals surface area contributed by atoms with Crippen LogP contribution >= 0.6 is 0 Å². The van der Waals surface area contributed by atoms with Crippen molar-refractivity contribution in [1.29, 1.82) is 0 Å². The largest absolute Gasteiger partial charge is 0.383 e. The Morgan fingerprint density at radius 2 is 1.78 bits per heavy atom. The molecule has 2 amide bonds. The van der Waals surface area contributed by atoms with Gasteiger partial charge >= 0.3 is 11.8 Å². The van der Waals surface area contributed by atoms with Crippen LogP contribution in [0.25, 0.3) is 0 Å². The average molecular weight is 254 g/mol. The van der Waals surface area contributed by atoms with Crippen LogP contribution in [0.2, 0.25) is 0 Å². The number of carbonyl (C=O) groups is 2. The van der Waals surface area contributed by atoms with Crippen LogP contribution in [0.4, 0.5) is 4.39 Å². The van der Waals surface area contributed by atoms with Gasteiger partial charge in [0.25, 0.3) is 0 Å². The summed E-state index contributed by atoms with van der Waals surface area (Å²) in [7, 11) is 1.50. The molecule has 1 rings (SSSR count). The highest BCUT2D eigenvalue weighted by Crippen LogP contribution is 2.01. The Balaban J connectivity index is 2.32. The molecule has 1 aromatic rings. The van der Waals surface area contributed by atoms with E-state index in [1.54, 1.807) is 12.1 Å². The van der Waals surface area contributed by atoms with E-state index in [0.717, 1.165) is 5.56 Å². The third-order valence-corrected chi connectivity index (χ3v) is 2.16. The Hall–Kier alpha value is -1.95. The van der Waals surface area contributed by atoms with Crippen molar-refractivity contribution >= 4 is 11.8 Å². The van der Waals surface area contributed by atoms with E-state index in [0.29, 0.717) is 6.61 Å². The van der Waals surface area contributed by atoms with Gasteiger partial charge in [0.1, 0.15) is 5.82 Å². The lowest BCUT2D eigenvalue weighted by Gasteiger charge is -2.06. The normalized spacial score (nSPS) is 9.89. The fourth-order valence-corrected chi connectivity index (χ4v) is 1.21. The summed E-state index contributed by atoms with van der Waals surface area (Å²) < 4.78 is 17.4. The van der Waals surface area contributed by atoms with Crippen LogP contribution < -0.4 is 10.6 Å². The number of hydrogen-bond donors (Lipinski definition) is 2. The number of carbonyl (C=O) groups excluding carboxylic acids is 2. The standard InChI is InChI=1S/C12H15FN2O3/c1-18-7-6-14-11(16)12(17)15-8-9-2-4-10(13)5-3-9/h2-5H,6-8H2,1H3,(H,14,16)(H,15,17). The van der Waals surface area contributed by atoms with Crippen molar-refractivity contribution in [2.24, 2.45) is 0 Å². The highest BCUT2D eigenvalue weighted by molar-refractivity contribution is 6.35. The number of ether oxygens (including phenoxy) is 1. The molecule has 0 unspecified atom stereocenters. The first-order valence-corrected chi connectivity index (χ1v) is 5.43. The Morgan fingerprint density at radius 3 is 2.39 bits per heavy atom. The first kappa shape index (κ1) is 14.1. The summed E-state index contributed by atoms with van der Waals surface area (Å²) in [6, 6.07) is 5.66. The summed E-state index contributed by atoms with van der Waals surface area (Å²) in [5, 5.41) is 4.82. The molecule has 98 valence electrons. The quantitative estimate of drug-likeness (QED) is 0.583. The van der Waals surface area contributed by atoms with Crippen LogP contribution in [0, 0.1) is 5.82 Å². The van der Waals surface area contributed by atoms with Crippen molar-refractivity contribution in [2.75, 3.05) is 20.3 Å². The number of hydrogen-bond acceptors (Lipinski definition) is 3. The molecule has 0 saturated carbocycles. The van der Waals surface area contributed by atoms with E-state index < -0.39 is 11.8 Å². The minimum absolute atomic E-state index is 0.177. The summed E-state index contributed by atoms with van der Waals surface area (Å²) >= 11 is 0. The number of nitrogens with one attached hydrogen (secondary N) is 2. The third kappa shape index (κ3) is 4.92. The Labute approximate surface area is 104 Å². The molecule has 6 heteroatoms. The number of methoxy groups -OCH3 is 1. The fourth-order valence-electron chi connectivity index (χ4n) is 1.21. The maximum Gasteiger partial charge on any atom is 0.309 e. The van der Waals surface area contributed by atoms with Gasteiger partial charge in [-0.15, -0.1) is 0 Å². The van der Waals surface area contributed by atoms with Gasteiger partial charge in [-0.2, -0.15) is 0 Å². The van der Waals surface area contributed by atoms with Crippen molar-refractivity contribution in [2.45, 2.75) is 6.54 Å². The smallest absolute Gasteiger partial charge is 0.309 e. The molecule has 0 aliphatic carbocycles. The fraction of sp³-hybridized carbons (Fsp3) is 0.333. The van der Waals surface area contributed by atoms with E-state index in [4.69, 9.17) is 4.74 Å². The van der Waals surface area contributed by atoms with Crippen molar-refractivity contribution in [3.63, 3.8) is 0 Å². The third-order valence-electron chi connectivity index (χ3n) is 2.16. The summed E-state index contributed by atoms with van der Waals surface area (Å²) in [6.45, 7) is 0.799. The van der Waals surface area contributed by atoms with E-state index in [1.165, 1.54) is 19.2 Å². The van der Waals surface area contributed by atoms with Gasteiger partial charge in [0.15, 0.2) is 0 Å². The molecule has 0 bridgehead atoms. The number of halogens is 1. The second-order valence-electron chi connectivity index (χ2n) is 3.56. The monoisotopic (exact) mass is 254 g/mol. The SMILES string of the molecule is COCCNC(=O)C(=O)NCc1ccc(F)cc1. The van der Waals surface area contributed by atoms with E-state index in [9.17, 15) is 14.0 Å². The summed E-state index contributed by atoms with van der Waals surface area (Å²) in [4.78, 5) is 22.6. The van der Waals surface area contributed by atoms with Crippen LogP contribution in [0.1, 0.15) is 5.56 Å². The summed E-state index contributed by atoms with van der Waals surface area (Å²) in [5.41, 5.74) is 0.717. The van der Waals surface area contributed by atoms with E-state index >= 15 is 0 Å². The van der Waals surface area contributed by atoms with Gasteiger partial charge in [0.05, 0.1) is 6.61 Å². The number of benzene rings is 1. The van der Waals surface area contributed by atoms with Gasteiger partial charge in [-0.05, 0) is 17.7 Å². The molecule has 0 radical (unpaired) electrons. The lowest BCUT2D eigenvalue weighted by atomic mass is 10.2. The van der Waals surface area contributed by atoms with Crippen LogP contribution in [0.5, 0.6) is 0 Å². The van der Waals surface area contributed by atoms with Gasteiger partial charge in [0.2, 0.25) is 0 Å².